The quantitative estimate of drug-likeness (QED) is 0.734. The number of nitrogens with one attached hydrogen (secondary N) is 1. The molecular weight excluding hydrogens is 336 g/mol. The number of hydrogen-bond acceptors (Lipinski definition) is 5. The molecule has 3 aliphatic rings. The lowest BCUT2D eigenvalue weighted by Crippen LogP contribution is -2.57. The number of hydrogen-bond donors (Lipinski definition) is 1. The van der Waals surface area contributed by atoms with Crippen LogP contribution in [0.1, 0.15) is 6.04 Å². The molecule has 1 aromatic heterocycles. The minimum absolute atomic E-state index is 0.000213. The van der Waals surface area contributed by atoms with Gasteiger partial charge in [-0.2, -0.15) is 22.1 Å². The Bertz CT molecular complexity index is 723. The van der Waals surface area contributed by atoms with Gasteiger partial charge in [0.1, 0.15) is 0 Å². The molecule has 1 aromatic rings. The van der Waals surface area contributed by atoms with Crippen LogP contribution in [-0.4, -0.2) is 85.3 Å². The first-order chi connectivity index (χ1) is 11.6. The Balaban J connectivity index is 1.39. The zero-order chi connectivity index (χ0) is 16.7. The van der Waals surface area contributed by atoms with Crippen molar-refractivity contribution in [2.45, 2.75) is 6.04 Å². The molecule has 2 amide bonds. The molecule has 3 saturated heterocycles. The molecule has 0 saturated carbocycles. The highest BCUT2D eigenvalue weighted by atomic mass is 32.2. The summed E-state index contributed by atoms with van der Waals surface area (Å²) in [7, 11) is -3.41. The van der Waals surface area contributed by atoms with E-state index in [0.717, 1.165) is 5.69 Å². The van der Waals surface area contributed by atoms with Crippen LogP contribution in [0, 0.1) is 0 Å². The van der Waals surface area contributed by atoms with E-state index in [2.05, 4.69) is 10.4 Å². The lowest BCUT2D eigenvalue weighted by molar-refractivity contribution is 0.0663. The van der Waals surface area contributed by atoms with Crippen molar-refractivity contribution in [1.29, 1.82) is 0 Å². The zero-order valence-electron chi connectivity index (χ0n) is 13.2. The Kier molecular flexibility index (Phi) is 3.95. The second-order valence-electron chi connectivity index (χ2n) is 6.05. The van der Waals surface area contributed by atoms with Gasteiger partial charge < -0.3 is 10.1 Å². The number of ether oxygens (including phenoxy) is 1. The molecule has 0 unspecified atom stereocenters. The minimum atomic E-state index is -3.41. The maximum atomic E-state index is 12.5. The fourth-order valence-electron chi connectivity index (χ4n) is 3.10. The summed E-state index contributed by atoms with van der Waals surface area (Å²) in [5.74, 6) is 0. The van der Waals surface area contributed by atoms with Gasteiger partial charge in [0.15, 0.2) is 0 Å². The molecule has 1 N–H and O–H groups in total. The number of morpholine rings is 1. The molecule has 11 heteroatoms. The standard InChI is InChI=1S/C13H20N6O4S/c20-13-14-1-2-18(13)11-7-15-19(10-11)12-8-17(9-12)24(21,22)16-3-5-23-6-4-16/h7,10,12H,1-6,8-9H2,(H,14,20). The second-order valence-corrected chi connectivity index (χ2v) is 7.98. The molecule has 0 aliphatic carbocycles. The molecule has 0 radical (unpaired) electrons. The van der Waals surface area contributed by atoms with E-state index in [9.17, 15) is 13.2 Å². The van der Waals surface area contributed by atoms with Crippen LogP contribution >= 0.6 is 0 Å². The molecule has 10 nitrogen and oxygen atoms in total. The van der Waals surface area contributed by atoms with Crippen molar-refractivity contribution in [2.75, 3.05) is 57.4 Å². The van der Waals surface area contributed by atoms with Crippen LogP contribution in [-0.2, 0) is 14.9 Å². The second kappa shape index (κ2) is 5.99. The Morgan fingerprint density at radius 1 is 1.17 bits per heavy atom. The summed E-state index contributed by atoms with van der Waals surface area (Å²) in [6, 6.07) is -0.125. The Labute approximate surface area is 140 Å². The molecule has 3 fully saturated rings. The zero-order valence-corrected chi connectivity index (χ0v) is 14.0. The van der Waals surface area contributed by atoms with Crippen LogP contribution in [0.3, 0.4) is 0 Å². The summed E-state index contributed by atoms with van der Waals surface area (Å²) < 4.78 is 34.9. The molecule has 4 rings (SSSR count). The van der Waals surface area contributed by atoms with Gasteiger partial charge in [0.25, 0.3) is 10.2 Å². The largest absolute Gasteiger partial charge is 0.379 e. The fourth-order valence-corrected chi connectivity index (χ4v) is 4.76. The third-order valence-electron chi connectivity index (χ3n) is 4.58. The first-order valence-electron chi connectivity index (χ1n) is 7.98. The van der Waals surface area contributed by atoms with E-state index in [4.69, 9.17) is 4.74 Å². The molecule has 0 aromatic carbocycles. The average molecular weight is 356 g/mol. The molecule has 0 spiro atoms. The normalized spacial score (nSPS) is 24.2. The summed E-state index contributed by atoms with van der Waals surface area (Å²) in [4.78, 5) is 13.3. The molecule has 4 heterocycles. The first kappa shape index (κ1) is 15.8. The maximum absolute atomic E-state index is 12.5. The average Bonchev–Trinajstić information content (AvgIpc) is 3.15. The predicted molar refractivity (Wildman–Crippen MR) is 84.9 cm³/mol. The van der Waals surface area contributed by atoms with E-state index < -0.39 is 10.2 Å². The number of urea groups is 1. The number of amides is 2. The molecule has 3 aliphatic heterocycles. The molecular formula is C13H20N6O4S. The summed E-state index contributed by atoms with van der Waals surface area (Å²) in [5, 5.41) is 7.03. The predicted octanol–water partition coefficient (Wildman–Crippen LogP) is -1.15. The Morgan fingerprint density at radius 2 is 1.92 bits per heavy atom. The van der Waals surface area contributed by atoms with Crippen LogP contribution in [0.25, 0.3) is 0 Å². The van der Waals surface area contributed by atoms with Crippen LogP contribution in [0.2, 0.25) is 0 Å². The van der Waals surface area contributed by atoms with Gasteiger partial charge in [-0.15, -0.1) is 0 Å². The number of rotatable bonds is 4. The number of carbonyl (C=O) groups excluding carboxylic acids is 1. The van der Waals surface area contributed by atoms with Crippen molar-refractivity contribution in [2.24, 2.45) is 0 Å². The van der Waals surface area contributed by atoms with Crippen LogP contribution in [0.15, 0.2) is 12.4 Å². The van der Waals surface area contributed by atoms with Crippen molar-refractivity contribution < 1.29 is 17.9 Å². The molecule has 132 valence electrons. The van der Waals surface area contributed by atoms with Crippen molar-refractivity contribution >= 4 is 21.9 Å². The lowest BCUT2D eigenvalue weighted by atomic mass is 10.2. The fraction of sp³-hybridized carbons (Fsp3) is 0.692. The summed E-state index contributed by atoms with van der Waals surface area (Å²) in [6.07, 6.45) is 3.44. The smallest absolute Gasteiger partial charge is 0.322 e. The van der Waals surface area contributed by atoms with Gasteiger partial charge in [0.05, 0.1) is 31.1 Å². The van der Waals surface area contributed by atoms with E-state index >= 15 is 0 Å². The van der Waals surface area contributed by atoms with Crippen LogP contribution < -0.4 is 10.2 Å². The van der Waals surface area contributed by atoms with E-state index in [1.807, 2.05) is 0 Å². The highest BCUT2D eigenvalue weighted by molar-refractivity contribution is 7.86. The highest BCUT2D eigenvalue weighted by Crippen LogP contribution is 2.27. The van der Waals surface area contributed by atoms with Gasteiger partial charge >= 0.3 is 6.03 Å². The van der Waals surface area contributed by atoms with E-state index in [-0.39, 0.29) is 12.1 Å². The van der Waals surface area contributed by atoms with Gasteiger partial charge in [-0.25, -0.2) is 4.79 Å². The first-order valence-corrected chi connectivity index (χ1v) is 9.38. The van der Waals surface area contributed by atoms with E-state index in [1.165, 1.54) is 8.61 Å². The van der Waals surface area contributed by atoms with Crippen molar-refractivity contribution in [1.82, 2.24) is 23.7 Å². The van der Waals surface area contributed by atoms with Crippen molar-refractivity contribution in [3.8, 4) is 0 Å². The van der Waals surface area contributed by atoms with Gasteiger partial charge in [-0.3, -0.25) is 9.58 Å². The summed E-state index contributed by atoms with van der Waals surface area (Å²) >= 11 is 0. The van der Waals surface area contributed by atoms with Gasteiger partial charge in [-0.05, 0) is 0 Å². The summed E-state index contributed by atoms with van der Waals surface area (Å²) in [6.45, 7) is 3.72. The Morgan fingerprint density at radius 3 is 2.58 bits per heavy atom. The van der Waals surface area contributed by atoms with Crippen LogP contribution in [0.4, 0.5) is 10.5 Å². The molecule has 24 heavy (non-hydrogen) atoms. The number of carbonyl (C=O) groups is 1. The topological polar surface area (TPSA) is 100 Å². The SMILES string of the molecule is O=C1NCCN1c1cnn(C2CN(S(=O)(=O)N3CCOCC3)C2)c1. The molecule has 0 atom stereocenters. The maximum Gasteiger partial charge on any atom is 0.322 e. The Hall–Kier alpha value is -1.69. The van der Waals surface area contributed by atoms with Gasteiger partial charge in [-0.1, -0.05) is 0 Å². The highest BCUT2D eigenvalue weighted by Gasteiger charge is 2.41. The van der Waals surface area contributed by atoms with Crippen LogP contribution in [0.5, 0.6) is 0 Å². The monoisotopic (exact) mass is 356 g/mol. The lowest BCUT2D eigenvalue weighted by Gasteiger charge is -2.41. The summed E-state index contributed by atoms with van der Waals surface area (Å²) in [5.41, 5.74) is 0.736. The minimum Gasteiger partial charge on any atom is -0.379 e. The third kappa shape index (κ3) is 2.66. The number of nitrogens with zero attached hydrogens (tertiary/aromatic N) is 5. The van der Waals surface area contributed by atoms with Gasteiger partial charge in [0.2, 0.25) is 0 Å². The number of anilines is 1. The van der Waals surface area contributed by atoms with E-state index in [1.54, 1.807) is 22.0 Å². The van der Waals surface area contributed by atoms with Crippen molar-refractivity contribution in [3.63, 3.8) is 0 Å². The van der Waals surface area contributed by atoms with Gasteiger partial charge in [0, 0.05) is 45.5 Å². The van der Waals surface area contributed by atoms with Crippen molar-refractivity contribution in [3.05, 3.63) is 12.4 Å². The number of aromatic nitrogens is 2. The third-order valence-corrected chi connectivity index (χ3v) is 6.55. The molecule has 0 bridgehead atoms. The van der Waals surface area contributed by atoms with E-state index in [0.29, 0.717) is 52.5 Å².